The van der Waals surface area contributed by atoms with E-state index in [4.69, 9.17) is 28.9 Å². The van der Waals surface area contributed by atoms with Gasteiger partial charge in [0.15, 0.2) is 0 Å². The molecule has 23 heavy (non-hydrogen) atoms. The maximum Gasteiger partial charge on any atom is 0.220 e. The van der Waals surface area contributed by atoms with Gasteiger partial charge in [-0.05, 0) is 35.2 Å². The zero-order valence-electron chi connectivity index (χ0n) is 12.1. The highest BCUT2D eigenvalue weighted by Gasteiger charge is 2.27. The molecule has 1 heterocycles. The van der Waals surface area contributed by atoms with E-state index in [0.29, 0.717) is 16.0 Å². The monoisotopic (exact) mass is 341 g/mol. The van der Waals surface area contributed by atoms with Crippen molar-refractivity contribution >= 4 is 29.2 Å². The number of nitrogen functional groups attached to an aromatic ring is 1. The third-order valence-electron chi connectivity index (χ3n) is 4.24. The molecule has 0 saturated carbocycles. The Morgan fingerprint density at radius 3 is 2.70 bits per heavy atom. The third kappa shape index (κ3) is 2.46. The molecule has 0 aliphatic heterocycles. The van der Waals surface area contributed by atoms with Gasteiger partial charge in [-0.1, -0.05) is 53.5 Å². The number of fused-ring (bicyclic) bond motifs is 3. The molecule has 5 heteroatoms. The SMILES string of the molecule is Nc1ncc2c(n1)-c1ccccc1C(c1ccc(Cl)c(Cl)c1)C2. The summed E-state index contributed by atoms with van der Waals surface area (Å²) in [6.45, 7) is 0. The second-order valence-electron chi connectivity index (χ2n) is 5.62. The maximum atomic E-state index is 6.21. The number of nitrogens with two attached hydrogens (primary N) is 1. The van der Waals surface area contributed by atoms with Crippen LogP contribution in [0.4, 0.5) is 5.95 Å². The van der Waals surface area contributed by atoms with Crippen molar-refractivity contribution in [3.8, 4) is 11.3 Å². The van der Waals surface area contributed by atoms with Gasteiger partial charge in [0.05, 0.1) is 15.7 Å². The highest BCUT2D eigenvalue weighted by Crippen LogP contribution is 2.42. The topological polar surface area (TPSA) is 51.8 Å². The second kappa shape index (κ2) is 5.52. The van der Waals surface area contributed by atoms with Gasteiger partial charge in [0.25, 0.3) is 0 Å². The Hall–Kier alpha value is -2.10. The molecular formula is C18H13Cl2N3. The van der Waals surface area contributed by atoms with Gasteiger partial charge in [-0.3, -0.25) is 0 Å². The van der Waals surface area contributed by atoms with Gasteiger partial charge < -0.3 is 5.73 Å². The predicted molar refractivity (Wildman–Crippen MR) is 93.9 cm³/mol. The number of hydrogen-bond acceptors (Lipinski definition) is 3. The smallest absolute Gasteiger partial charge is 0.220 e. The van der Waals surface area contributed by atoms with Crippen LogP contribution in [0.15, 0.2) is 48.7 Å². The molecular weight excluding hydrogens is 329 g/mol. The second-order valence-corrected chi connectivity index (χ2v) is 6.43. The summed E-state index contributed by atoms with van der Waals surface area (Å²) in [5.74, 6) is 0.493. The van der Waals surface area contributed by atoms with E-state index < -0.39 is 0 Å². The summed E-state index contributed by atoms with van der Waals surface area (Å²) >= 11 is 12.3. The lowest BCUT2D eigenvalue weighted by Crippen LogP contribution is -2.15. The Bertz CT molecular complexity index is 909. The first-order chi connectivity index (χ1) is 11.1. The van der Waals surface area contributed by atoms with E-state index >= 15 is 0 Å². The summed E-state index contributed by atoms with van der Waals surface area (Å²) in [4.78, 5) is 8.58. The molecule has 1 aliphatic rings. The van der Waals surface area contributed by atoms with Crippen LogP contribution in [0.2, 0.25) is 10.0 Å². The van der Waals surface area contributed by atoms with Crippen molar-refractivity contribution in [3.05, 3.63) is 75.4 Å². The van der Waals surface area contributed by atoms with E-state index in [0.717, 1.165) is 28.8 Å². The van der Waals surface area contributed by atoms with Crippen molar-refractivity contribution in [2.75, 3.05) is 5.73 Å². The molecule has 0 radical (unpaired) electrons. The van der Waals surface area contributed by atoms with E-state index in [2.05, 4.69) is 22.1 Å². The summed E-state index contributed by atoms with van der Waals surface area (Å²) in [7, 11) is 0. The van der Waals surface area contributed by atoms with Crippen molar-refractivity contribution in [3.63, 3.8) is 0 Å². The van der Waals surface area contributed by atoms with E-state index in [1.807, 2.05) is 36.5 Å². The standard InChI is InChI=1S/C18H13Cl2N3/c19-15-6-5-10(8-16(15)20)14-7-11-9-22-18(21)23-17(11)13-4-2-1-3-12(13)14/h1-6,8-9,14H,7H2,(H2,21,22,23). The quantitative estimate of drug-likeness (QED) is 0.696. The summed E-state index contributed by atoms with van der Waals surface area (Å²) in [6, 6.07) is 14.1. The van der Waals surface area contributed by atoms with Gasteiger partial charge in [0, 0.05) is 17.7 Å². The van der Waals surface area contributed by atoms with Crippen LogP contribution in [0.25, 0.3) is 11.3 Å². The molecule has 0 amide bonds. The highest BCUT2D eigenvalue weighted by atomic mass is 35.5. The number of aromatic nitrogens is 2. The summed E-state index contributed by atoms with van der Waals surface area (Å²) in [5.41, 5.74) is 11.2. The third-order valence-corrected chi connectivity index (χ3v) is 4.98. The first kappa shape index (κ1) is 14.5. The highest BCUT2D eigenvalue weighted by molar-refractivity contribution is 6.42. The Labute approximate surface area is 144 Å². The van der Waals surface area contributed by atoms with Crippen LogP contribution in [-0.4, -0.2) is 9.97 Å². The number of anilines is 1. The van der Waals surface area contributed by atoms with Crippen molar-refractivity contribution in [1.29, 1.82) is 0 Å². The van der Waals surface area contributed by atoms with Crippen LogP contribution in [0.1, 0.15) is 22.6 Å². The fraction of sp³-hybridized carbons (Fsp3) is 0.111. The Balaban J connectivity index is 1.90. The van der Waals surface area contributed by atoms with Gasteiger partial charge in [-0.2, -0.15) is 0 Å². The minimum absolute atomic E-state index is 0.195. The van der Waals surface area contributed by atoms with Crippen LogP contribution < -0.4 is 5.73 Å². The molecule has 4 rings (SSSR count). The molecule has 1 aromatic heterocycles. The van der Waals surface area contributed by atoms with Gasteiger partial charge in [-0.15, -0.1) is 0 Å². The van der Waals surface area contributed by atoms with Crippen LogP contribution >= 0.6 is 23.2 Å². The van der Waals surface area contributed by atoms with E-state index in [1.54, 1.807) is 0 Å². The van der Waals surface area contributed by atoms with Crippen molar-refractivity contribution in [1.82, 2.24) is 9.97 Å². The molecule has 2 aromatic carbocycles. The zero-order valence-corrected chi connectivity index (χ0v) is 13.6. The van der Waals surface area contributed by atoms with Gasteiger partial charge in [0.2, 0.25) is 5.95 Å². The lowest BCUT2D eigenvalue weighted by molar-refractivity contribution is 0.783. The number of nitrogens with zero attached hydrogens (tertiary/aromatic N) is 2. The molecule has 0 bridgehead atoms. The van der Waals surface area contributed by atoms with Gasteiger partial charge >= 0.3 is 0 Å². The van der Waals surface area contributed by atoms with Crippen LogP contribution in [0.5, 0.6) is 0 Å². The van der Waals surface area contributed by atoms with Gasteiger partial charge in [-0.25, -0.2) is 9.97 Å². The fourth-order valence-electron chi connectivity index (χ4n) is 3.18. The Morgan fingerprint density at radius 2 is 1.87 bits per heavy atom. The lowest BCUT2D eigenvalue weighted by atomic mass is 9.78. The average Bonchev–Trinajstić information content (AvgIpc) is 2.57. The summed E-state index contributed by atoms with van der Waals surface area (Å²) in [6.07, 6.45) is 2.63. The van der Waals surface area contributed by atoms with Crippen molar-refractivity contribution in [2.45, 2.75) is 12.3 Å². The van der Waals surface area contributed by atoms with Crippen LogP contribution in [0, 0.1) is 0 Å². The summed E-state index contributed by atoms with van der Waals surface area (Å²) in [5, 5.41) is 1.14. The Morgan fingerprint density at radius 1 is 1.04 bits per heavy atom. The maximum absolute atomic E-state index is 6.21. The first-order valence-corrected chi connectivity index (χ1v) is 8.04. The van der Waals surface area contributed by atoms with E-state index in [-0.39, 0.29) is 5.92 Å². The molecule has 3 nitrogen and oxygen atoms in total. The minimum Gasteiger partial charge on any atom is -0.368 e. The minimum atomic E-state index is 0.195. The first-order valence-electron chi connectivity index (χ1n) is 7.29. The largest absolute Gasteiger partial charge is 0.368 e. The van der Waals surface area contributed by atoms with Crippen LogP contribution in [0.3, 0.4) is 0 Å². The molecule has 114 valence electrons. The number of benzene rings is 2. The number of hydrogen-bond donors (Lipinski definition) is 1. The fourth-order valence-corrected chi connectivity index (χ4v) is 3.48. The molecule has 1 unspecified atom stereocenters. The lowest BCUT2D eigenvalue weighted by Gasteiger charge is -2.27. The van der Waals surface area contributed by atoms with Crippen molar-refractivity contribution in [2.24, 2.45) is 0 Å². The molecule has 1 aliphatic carbocycles. The molecule has 0 spiro atoms. The predicted octanol–water partition coefficient (Wildman–Crippen LogP) is 4.72. The van der Waals surface area contributed by atoms with Crippen molar-refractivity contribution < 1.29 is 0 Å². The zero-order chi connectivity index (χ0) is 16.0. The number of halogens is 2. The molecule has 0 saturated heterocycles. The molecule has 3 aromatic rings. The Kier molecular flexibility index (Phi) is 3.47. The van der Waals surface area contributed by atoms with Crippen LogP contribution in [-0.2, 0) is 6.42 Å². The summed E-state index contributed by atoms with van der Waals surface area (Å²) < 4.78 is 0. The normalized spacial score (nSPS) is 15.8. The molecule has 0 fully saturated rings. The van der Waals surface area contributed by atoms with E-state index in [9.17, 15) is 0 Å². The van der Waals surface area contributed by atoms with E-state index in [1.165, 1.54) is 5.56 Å². The average molecular weight is 342 g/mol. The van der Waals surface area contributed by atoms with Gasteiger partial charge in [0.1, 0.15) is 0 Å². The molecule has 1 atom stereocenters. The number of rotatable bonds is 1. The molecule has 2 N–H and O–H groups in total.